The van der Waals surface area contributed by atoms with Crippen LogP contribution >= 0.6 is 0 Å². The molecule has 1 aromatic carbocycles. The molecule has 2 rings (SSSR count). The van der Waals surface area contributed by atoms with E-state index in [1.54, 1.807) is 36.2 Å². The Kier molecular flexibility index (Phi) is 3.10. The van der Waals surface area contributed by atoms with Crippen molar-refractivity contribution in [2.45, 2.75) is 6.04 Å². The predicted molar refractivity (Wildman–Crippen MR) is 66.0 cm³/mol. The van der Waals surface area contributed by atoms with Gasteiger partial charge in [0.05, 0.1) is 0 Å². The van der Waals surface area contributed by atoms with Gasteiger partial charge in [-0.1, -0.05) is 12.1 Å². The Hall–Kier alpha value is -2.24. The molecule has 1 fully saturated rings. The Morgan fingerprint density at radius 3 is 2.50 bits per heavy atom. The summed E-state index contributed by atoms with van der Waals surface area (Å²) in [6.45, 7) is 0.725. The van der Waals surface area contributed by atoms with Gasteiger partial charge >= 0.3 is 6.09 Å². The van der Waals surface area contributed by atoms with Crippen LogP contribution in [0.1, 0.15) is 11.6 Å². The number of nitrogen functional groups attached to an aromatic ring is 1. The van der Waals surface area contributed by atoms with E-state index >= 15 is 0 Å². The molecule has 1 unspecified atom stereocenters. The van der Waals surface area contributed by atoms with Crippen molar-refractivity contribution in [1.82, 2.24) is 9.80 Å². The van der Waals surface area contributed by atoms with Gasteiger partial charge in [0, 0.05) is 25.8 Å². The largest absolute Gasteiger partial charge is 0.465 e. The van der Waals surface area contributed by atoms with Crippen molar-refractivity contribution in [1.29, 1.82) is 0 Å². The lowest BCUT2D eigenvalue weighted by molar-refractivity contribution is -0.139. The number of rotatable bonds is 1. The summed E-state index contributed by atoms with van der Waals surface area (Å²) >= 11 is 0. The van der Waals surface area contributed by atoms with Gasteiger partial charge in [-0.25, -0.2) is 4.79 Å². The molecule has 3 N–H and O–H groups in total. The second-order valence-corrected chi connectivity index (χ2v) is 4.30. The van der Waals surface area contributed by atoms with Crippen molar-refractivity contribution in [2.24, 2.45) is 0 Å². The van der Waals surface area contributed by atoms with Gasteiger partial charge in [-0.15, -0.1) is 0 Å². The van der Waals surface area contributed by atoms with Gasteiger partial charge in [-0.05, 0) is 17.7 Å². The molecule has 0 aliphatic carbocycles. The highest BCUT2D eigenvalue weighted by molar-refractivity contribution is 5.87. The molecule has 1 aliphatic heterocycles. The van der Waals surface area contributed by atoms with Crippen molar-refractivity contribution in [3.05, 3.63) is 29.8 Å². The number of carboxylic acid groups (broad SMARTS) is 1. The molecule has 96 valence electrons. The quantitative estimate of drug-likeness (QED) is 0.719. The molecule has 0 aromatic heterocycles. The molecule has 6 nitrogen and oxygen atoms in total. The van der Waals surface area contributed by atoms with Crippen LogP contribution in [0.25, 0.3) is 0 Å². The fourth-order valence-electron chi connectivity index (χ4n) is 2.05. The zero-order chi connectivity index (χ0) is 13.3. The van der Waals surface area contributed by atoms with Crippen LogP contribution in [0.5, 0.6) is 0 Å². The average Bonchev–Trinajstić information content (AvgIpc) is 2.33. The highest BCUT2D eigenvalue weighted by atomic mass is 16.4. The van der Waals surface area contributed by atoms with Gasteiger partial charge < -0.3 is 15.7 Å². The SMILES string of the molecule is CN1CCN(C(=O)O)C(c2ccc(N)cc2)C1=O. The van der Waals surface area contributed by atoms with E-state index in [2.05, 4.69) is 0 Å². The zero-order valence-corrected chi connectivity index (χ0v) is 10.0. The van der Waals surface area contributed by atoms with Crippen LogP contribution in [0, 0.1) is 0 Å². The Bertz CT molecular complexity index is 472. The minimum Gasteiger partial charge on any atom is -0.465 e. The Morgan fingerprint density at radius 1 is 1.33 bits per heavy atom. The number of carbonyl (C=O) groups excluding carboxylic acids is 1. The zero-order valence-electron chi connectivity index (χ0n) is 10.0. The number of nitrogens with zero attached hydrogens (tertiary/aromatic N) is 2. The van der Waals surface area contributed by atoms with E-state index in [0.29, 0.717) is 24.3 Å². The number of benzene rings is 1. The number of hydrogen-bond acceptors (Lipinski definition) is 3. The maximum atomic E-state index is 12.1. The Labute approximate surface area is 105 Å². The minimum absolute atomic E-state index is 0.214. The van der Waals surface area contributed by atoms with E-state index in [-0.39, 0.29) is 5.91 Å². The molecule has 0 bridgehead atoms. The lowest BCUT2D eigenvalue weighted by atomic mass is 10.0. The van der Waals surface area contributed by atoms with Crippen molar-refractivity contribution in [3.63, 3.8) is 0 Å². The molecule has 1 aromatic rings. The van der Waals surface area contributed by atoms with E-state index in [4.69, 9.17) is 10.8 Å². The summed E-state index contributed by atoms with van der Waals surface area (Å²) in [7, 11) is 1.67. The Morgan fingerprint density at radius 2 is 1.94 bits per heavy atom. The van der Waals surface area contributed by atoms with Crippen molar-refractivity contribution >= 4 is 17.7 Å². The van der Waals surface area contributed by atoms with Gasteiger partial charge in [0.15, 0.2) is 0 Å². The molecule has 1 saturated heterocycles. The summed E-state index contributed by atoms with van der Waals surface area (Å²) < 4.78 is 0. The molecular weight excluding hydrogens is 234 g/mol. The third kappa shape index (κ3) is 2.09. The lowest BCUT2D eigenvalue weighted by Gasteiger charge is -2.37. The summed E-state index contributed by atoms with van der Waals surface area (Å²) in [6, 6.07) is 5.93. The first kappa shape index (κ1) is 12.2. The third-order valence-corrected chi connectivity index (χ3v) is 3.10. The summed E-state index contributed by atoms with van der Waals surface area (Å²) in [5.41, 5.74) is 6.81. The number of carbonyl (C=O) groups is 2. The molecule has 0 saturated carbocycles. The van der Waals surface area contributed by atoms with Crippen molar-refractivity contribution in [3.8, 4) is 0 Å². The van der Waals surface area contributed by atoms with Crippen LogP contribution in [-0.2, 0) is 4.79 Å². The molecule has 0 spiro atoms. The van der Waals surface area contributed by atoms with Gasteiger partial charge in [0.2, 0.25) is 5.91 Å². The summed E-state index contributed by atoms with van der Waals surface area (Å²) in [5.74, 6) is -0.214. The van der Waals surface area contributed by atoms with E-state index in [9.17, 15) is 9.59 Å². The van der Waals surface area contributed by atoms with E-state index in [1.165, 1.54) is 0 Å². The van der Waals surface area contributed by atoms with Gasteiger partial charge in [-0.2, -0.15) is 0 Å². The first-order chi connectivity index (χ1) is 8.50. The van der Waals surface area contributed by atoms with Gasteiger partial charge in [0.25, 0.3) is 0 Å². The molecule has 1 heterocycles. The summed E-state index contributed by atoms with van der Waals surface area (Å²) in [4.78, 5) is 26.0. The number of hydrogen-bond donors (Lipinski definition) is 2. The van der Waals surface area contributed by atoms with Crippen LogP contribution in [0.3, 0.4) is 0 Å². The average molecular weight is 249 g/mol. The molecule has 18 heavy (non-hydrogen) atoms. The normalized spacial score (nSPS) is 20.1. The Balaban J connectivity index is 2.38. The van der Waals surface area contributed by atoms with Crippen LogP contribution in [0.15, 0.2) is 24.3 Å². The van der Waals surface area contributed by atoms with Crippen LogP contribution in [-0.4, -0.2) is 47.0 Å². The van der Waals surface area contributed by atoms with Crippen LogP contribution in [0.4, 0.5) is 10.5 Å². The molecular formula is C12H15N3O3. The summed E-state index contributed by atoms with van der Waals surface area (Å²) in [5, 5.41) is 9.16. The highest BCUT2D eigenvalue weighted by Gasteiger charge is 2.36. The van der Waals surface area contributed by atoms with Crippen LogP contribution < -0.4 is 5.73 Å². The molecule has 2 amide bonds. The van der Waals surface area contributed by atoms with Crippen LogP contribution in [0.2, 0.25) is 0 Å². The first-order valence-corrected chi connectivity index (χ1v) is 5.60. The minimum atomic E-state index is -1.08. The third-order valence-electron chi connectivity index (χ3n) is 3.10. The standard InChI is InChI=1S/C12H15N3O3/c1-14-6-7-15(12(17)18)10(11(14)16)8-2-4-9(13)5-3-8/h2-5,10H,6-7,13H2,1H3,(H,17,18). The first-order valence-electron chi connectivity index (χ1n) is 5.60. The number of likely N-dealkylation sites (N-methyl/N-ethyl adjacent to an activating group) is 1. The van der Waals surface area contributed by atoms with E-state index < -0.39 is 12.1 Å². The van der Waals surface area contributed by atoms with E-state index in [0.717, 1.165) is 4.90 Å². The number of amides is 2. The van der Waals surface area contributed by atoms with Crippen molar-refractivity contribution < 1.29 is 14.7 Å². The second kappa shape index (κ2) is 4.56. The predicted octanol–water partition coefficient (Wildman–Crippen LogP) is 0.762. The summed E-state index contributed by atoms with van der Waals surface area (Å²) in [6.07, 6.45) is -1.08. The highest BCUT2D eigenvalue weighted by Crippen LogP contribution is 2.26. The van der Waals surface area contributed by atoms with E-state index in [1.807, 2.05) is 0 Å². The molecule has 6 heteroatoms. The smallest absolute Gasteiger partial charge is 0.408 e. The van der Waals surface area contributed by atoms with Gasteiger partial charge in [0.1, 0.15) is 6.04 Å². The monoisotopic (exact) mass is 249 g/mol. The fourth-order valence-corrected chi connectivity index (χ4v) is 2.05. The topological polar surface area (TPSA) is 86.9 Å². The fraction of sp³-hybridized carbons (Fsp3) is 0.333. The maximum absolute atomic E-state index is 12.1. The number of anilines is 1. The second-order valence-electron chi connectivity index (χ2n) is 4.30. The van der Waals surface area contributed by atoms with Crippen molar-refractivity contribution in [2.75, 3.05) is 25.9 Å². The number of piperazine rings is 1. The lowest BCUT2D eigenvalue weighted by Crippen LogP contribution is -2.52. The number of nitrogens with two attached hydrogens (primary N) is 1. The molecule has 1 aliphatic rings. The molecule has 1 atom stereocenters. The molecule has 0 radical (unpaired) electrons. The van der Waals surface area contributed by atoms with Gasteiger partial charge in [-0.3, -0.25) is 9.69 Å². The maximum Gasteiger partial charge on any atom is 0.408 e.